The van der Waals surface area contributed by atoms with E-state index in [0.717, 1.165) is 10.5 Å². The summed E-state index contributed by atoms with van der Waals surface area (Å²) in [7, 11) is 1.42. The first-order chi connectivity index (χ1) is 20.9. The van der Waals surface area contributed by atoms with Gasteiger partial charge in [0.2, 0.25) is 5.91 Å². The van der Waals surface area contributed by atoms with E-state index in [0.29, 0.717) is 42.1 Å². The number of likely N-dealkylation sites (tertiary alicyclic amines) is 1. The van der Waals surface area contributed by atoms with E-state index in [4.69, 9.17) is 0 Å². The molecule has 5 amide bonds. The lowest BCUT2D eigenvalue weighted by Crippen LogP contribution is -2.59. The van der Waals surface area contributed by atoms with Crippen LogP contribution in [0.5, 0.6) is 0 Å². The number of imide groups is 1. The summed E-state index contributed by atoms with van der Waals surface area (Å²) in [6.45, 7) is 0.337. The Kier molecular flexibility index (Phi) is 7.25. The summed E-state index contributed by atoms with van der Waals surface area (Å²) >= 11 is 0. The van der Waals surface area contributed by atoms with E-state index < -0.39 is 52.5 Å². The Morgan fingerprint density at radius 1 is 1.02 bits per heavy atom. The molecule has 1 atom stereocenters. The Hall–Kier alpha value is -4.62. The molecule has 10 nitrogen and oxygen atoms in total. The quantitative estimate of drug-likeness (QED) is 0.335. The standard InChI is InChI=1S/C30H28F4N6O4/c1-38-27(43)29(40(28(38)44)16-17-2-7-22-23(14-17)36-11-10-35-22)8-12-39(13-9-29)26(42)24(18-3-4-18)37-25(41)20-15-19(30(32,33)34)5-6-21(20)31/h2,5-7,10-11,14-15,18,24H,3-4,8-9,12-13,16H2,1H3,(H,37,41). The highest BCUT2D eigenvalue weighted by Gasteiger charge is 2.57. The molecule has 2 saturated heterocycles. The molecule has 2 aromatic carbocycles. The van der Waals surface area contributed by atoms with Crippen LogP contribution in [-0.2, 0) is 22.3 Å². The molecule has 6 rings (SSSR count). The highest BCUT2D eigenvalue weighted by Crippen LogP contribution is 2.40. The number of rotatable bonds is 6. The number of carbonyl (C=O) groups is 4. The fourth-order valence-corrected chi connectivity index (χ4v) is 6.07. The molecule has 1 N–H and O–H groups in total. The van der Waals surface area contributed by atoms with Crippen LogP contribution in [0.15, 0.2) is 48.8 Å². The zero-order chi connectivity index (χ0) is 31.4. The summed E-state index contributed by atoms with van der Waals surface area (Å²) < 4.78 is 53.9. The molecule has 44 heavy (non-hydrogen) atoms. The number of piperidine rings is 1. The average Bonchev–Trinajstić information content (AvgIpc) is 3.84. The van der Waals surface area contributed by atoms with Crippen molar-refractivity contribution in [2.24, 2.45) is 5.92 Å². The lowest BCUT2D eigenvalue weighted by atomic mass is 9.85. The van der Waals surface area contributed by atoms with Crippen molar-refractivity contribution in [1.82, 2.24) is 30.0 Å². The van der Waals surface area contributed by atoms with Gasteiger partial charge in [-0.2, -0.15) is 13.2 Å². The van der Waals surface area contributed by atoms with Gasteiger partial charge in [0.05, 0.1) is 22.2 Å². The number of hydrogen-bond donors (Lipinski definition) is 1. The van der Waals surface area contributed by atoms with Crippen molar-refractivity contribution < 1.29 is 36.7 Å². The summed E-state index contributed by atoms with van der Waals surface area (Å²) in [5.74, 6) is -3.33. The van der Waals surface area contributed by atoms with E-state index in [9.17, 15) is 36.7 Å². The molecule has 1 saturated carbocycles. The van der Waals surface area contributed by atoms with Gasteiger partial charge in [-0.15, -0.1) is 0 Å². The third-order valence-electron chi connectivity index (χ3n) is 8.70. The Balaban J connectivity index is 1.18. The SMILES string of the molecule is CN1C(=O)N(Cc2ccc3nccnc3c2)C2(CCN(C(=O)C(NC(=O)c3cc(C(F)(F)F)ccc3F)C3CC3)CC2)C1=O. The summed E-state index contributed by atoms with van der Waals surface area (Å²) in [5.41, 5.74) is -1.08. The molecule has 1 spiro atoms. The number of amides is 5. The number of aromatic nitrogens is 2. The third kappa shape index (κ3) is 5.22. The normalized spacial score (nSPS) is 19.2. The summed E-state index contributed by atoms with van der Waals surface area (Å²) in [6, 6.07) is 5.43. The number of carbonyl (C=O) groups excluding carboxylic acids is 4. The fraction of sp³-hybridized carbons (Fsp3) is 0.400. The van der Waals surface area contributed by atoms with Gasteiger partial charge < -0.3 is 15.1 Å². The van der Waals surface area contributed by atoms with Crippen LogP contribution in [0, 0.1) is 11.7 Å². The number of nitrogens with one attached hydrogen (secondary N) is 1. The maximum atomic E-state index is 14.4. The minimum absolute atomic E-state index is 0.0996. The molecule has 1 aromatic heterocycles. The Bertz CT molecular complexity index is 1670. The number of fused-ring (bicyclic) bond motifs is 1. The number of likely N-dealkylation sites (N-methyl/N-ethyl adjacent to an activating group) is 1. The van der Waals surface area contributed by atoms with Crippen LogP contribution in [-0.4, -0.2) is 80.1 Å². The van der Waals surface area contributed by atoms with Crippen molar-refractivity contribution in [2.45, 2.75) is 50.0 Å². The summed E-state index contributed by atoms with van der Waals surface area (Å²) in [4.78, 5) is 65.8. The molecule has 1 unspecified atom stereocenters. The first-order valence-corrected chi connectivity index (χ1v) is 14.1. The molecule has 2 aliphatic heterocycles. The van der Waals surface area contributed by atoms with E-state index in [1.807, 2.05) is 6.07 Å². The number of nitrogens with zero attached hydrogens (tertiary/aromatic N) is 5. The van der Waals surface area contributed by atoms with Gasteiger partial charge >= 0.3 is 12.2 Å². The van der Waals surface area contributed by atoms with Gasteiger partial charge in [-0.05, 0) is 67.5 Å². The summed E-state index contributed by atoms with van der Waals surface area (Å²) in [5, 5.41) is 2.46. The van der Waals surface area contributed by atoms with Crippen molar-refractivity contribution in [1.29, 1.82) is 0 Å². The van der Waals surface area contributed by atoms with Crippen LogP contribution in [0.4, 0.5) is 22.4 Å². The molecule has 230 valence electrons. The molecule has 0 radical (unpaired) electrons. The zero-order valence-electron chi connectivity index (χ0n) is 23.6. The van der Waals surface area contributed by atoms with E-state index in [1.165, 1.54) is 16.8 Å². The van der Waals surface area contributed by atoms with Crippen LogP contribution in [0.3, 0.4) is 0 Å². The second-order valence-electron chi connectivity index (χ2n) is 11.5. The van der Waals surface area contributed by atoms with Gasteiger partial charge in [-0.25, -0.2) is 9.18 Å². The molecule has 3 aliphatic rings. The van der Waals surface area contributed by atoms with Gasteiger partial charge in [-0.3, -0.25) is 29.3 Å². The number of urea groups is 1. The maximum Gasteiger partial charge on any atom is 0.416 e. The van der Waals surface area contributed by atoms with Crippen molar-refractivity contribution >= 4 is 34.8 Å². The van der Waals surface area contributed by atoms with Gasteiger partial charge in [0, 0.05) is 39.1 Å². The second kappa shape index (κ2) is 10.8. The predicted octanol–water partition coefficient (Wildman–Crippen LogP) is 3.75. The van der Waals surface area contributed by atoms with Crippen LogP contribution >= 0.6 is 0 Å². The largest absolute Gasteiger partial charge is 0.416 e. The van der Waals surface area contributed by atoms with Gasteiger partial charge in [0.1, 0.15) is 17.4 Å². The van der Waals surface area contributed by atoms with Crippen molar-refractivity contribution in [3.05, 3.63) is 71.3 Å². The Morgan fingerprint density at radius 2 is 1.70 bits per heavy atom. The van der Waals surface area contributed by atoms with Gasteiger partial charge in [0.15, 0.2) is 0 Å². The highest BCUT2D eigenvalue weighted by atomic mass is 19.4. The molecule has 14 heteroatoms. The van der Waals surface area contributed by atoms with Crippen molar-refractivity contribution in [3.63, 3.8) is 0 Å². The topological polar surface area (TPSA) is 116 Å². The summed E-state index contributed by atoms with van der Waals surface area (Å²) in [6.07, 6.45) is -0.119. The molecule has 3 aromatic rings. The molecule has 0 bridgehead atoms. The third-order valence-corrected chi connectivity index (χ3v) is 8.70. The monoisotopic (exact) mass is 612 g/mol. The number of halogens is 4. The predicted molar refractivity (Wildman–Crippen MR) is 147 cm³/mol. The molecule has 1 aliphatic carbocycles. The van der Waals surface area contributed by atoms with Crippen LogP contribution < -0.4 is 5.32 Å². The Labute approximate surface area is 249 Å². The van der Waals surface area contributed by atoms with E-state index in [1.54, 1.807) is 24.5 Å². The molecule has 3 fully saturated rings. The number of alkyl halides is 3. The smallest absolute Gasteiger partial charge is 0.341 e. The minimum Gasteiger partial charge on any atom is -0.341 e. The van der Waals surface area contributed by atoms with E-state index in [-0.39, 0.29) is 44.3 Å². The van der Waals surface area contributed by atoms with Gasteiger partial charge in [0.25, 0.3) is 11.8 Å². The Morgan fingerprint density at radius 3 is 2.36 bits per heavy atom. The first kappa shape index (κ1) is 29.5. The lowest BCUT2D eigenvalue weighted by Gasteiger charge is -2.43. The maximum absolute atomic E-state index is 14.4. The van der Waals surface area contributed by atoms with E-state index in [2.05, 4.69) is 15.3 Å². The van der Waals surface area contributed by atoms with Crippen molar-refractivity contribution in [3.8, 4) is 0 Å². The average molecular weight is 613 g/mol. The highest BCUT2D eigenvalue weighted by molar-refractivity contribution is 6.07. The number of hydrogen-bond acceptors (Lipinski definition) is 6. The zero-order valence-corrected chi connectivity index (χ0v) is 23.6. The molecular weight excluding hydrogens is 584 g/mol. The van der Waals surface area contributed by atoms with Crippen molar-refractivity contribution in [2.75, 3.05) is 20.1 Å². The van der Waals surface area contributed by atoms with Crippen LogP contribution in [0.1, 0.15) is 47.2 Å². The fourth-order valence-electron chi connectivity index (χ4n) is 6.07. The molecule has 3 heterocycles. The van der Waals surface area contributed by atoms with Crippen LogP contribution in [0.25, 0.3) is 11.0 Å². The lowest BCUT2D eigenvalue weighted by molar-refractivity contribution is -0.142. The van der Waals surface area contributed by atoms with Gasteiger partial charge in [-0.1, -0.05) is 6.07 Å². The first-order valence-electron chi connectivity index (χ1n) is 14.1. The van der Waals surface area contributed by atoms with E-state index >= 15 is 0 Å². The second-order valence-corrected chi connectivity index (χ2v) is 11.5. The van der Waals surface area contributed by atoms with Crippen LogP contribution in [0.2, 0.25) is 0 Å². The minimum atomic E-state index is -4.78. The number of benzene rings is 2. The molecular formula is C30H28F4N6O4.